The van der Waals surface area contributed by atoms with Gasteiger partial charge in [0.25, 0.3) is 0 Å². The molecule has 12 heavy (non-hydrogen) atoms. The molecule has 0 bridgehead atoms. The number of nitrogens with zero attached hydrogens (tertiary/aromatic N) is 3. The van der Waals surface area contributed by atoms with Gasteiger partial charge in [-0.1, -0.05) is 0 Å². The smallest absolute Gasteiger partial charge is 0.227 e. The van der Waals surface area contributed by atoms with E-state index in [0.29, 0.717) is 6.42 Å². The molecule has 0 atom stereocenters. The molecule has 1 saturated heterocycles. The van der Waals surface area contributed by atoms with Gasteiger partial charge in [-0.25, -0.2) is 0 Å². The van der Waals surface area contributed by atoms with Crippen LogP contribution < -0.4 is 4.90 Å². The van der Waals surface area contributed by atoms with Crippen molar-refractivity contribution in [3.05, 3.63) is 18.5 Å². The largest absolute Gasteiger partial charge is 0.311 e. The lowest BCUT2D eigenvalue weighted by Gasteiger charge is -2.13. The van der Waals surface area contributed by atoms with Crippen LogP contribution in [-0.4, -0.2) is 22.6 Å². The number of anilines is 1. The van der Waals surface area contributed by atoms with Crippen molar-refractivity contribution in [2.24, 2.45) is 0 Å². The van der Waals surface area contributed by atoms with E-state index in [4.69, 9.17) is 0 Å². The third-order valence-electron chi connectivity index (χ3n) is 1.95. The molecule has 1 aromatic heterocycles. The second kappa shape index (κ2) is 2.89. The zero-order valence-electron chi connectivity index (χ0n) is 6.60. The molecule has 1 aliphatic heterocycles. The van der Waals surface area contributed by atoms with Crippen LogP contribution in [0.5, 0.6) is 0 Å². The first-order valence-corrected chi connectivity index (χ1v) is 3.95. The number of carbonyl (C=O) groups is 1. The Morgan fingerprint density at radius 2 is 2.33 bits per heavy atom. The van der Waals surface area contributed by atoms with Crippen LogP contribution in [0, 0.1) is 0 Å². The van der Waals surface area contributed by atoms with E-state index in [2.05, 4.69) is 10.2 Å². The average molecular weight is 163 g/mol. The second-order valence-electron chi connectivity index (χ2n) is 2.75. The molecule has 1 fully saturated rings. The van der Waals surface area contributed by atoms with Gasteiger partial charge in [-0.15, -0.1) is 0 Å². The summed E-state index contributed by atoms with van der Waals surface area (Å²) < 4.78 is 0. The van der Waals surface area contributed by atoms with Crippen molar-refractivity contribution < 1.29 is 4.79 Å². The van der Waals surface area contributed by atoms with Crippen LogP contribution in [0.25, 0.3) is 0 Å². The Kier molecular flexibility index (Phi) is 1.74. The van der Waals surface area contributed by atoms with E-state index < -0.39 is 0 Å². The topological polar surface area (TPSA) is 46.1 Å². The van der Waals surface area contributed by atoms with E-state index in [-0.39, 0.29) is 5.91 Å². The minimum atomic E-state index is 0.183. The summed E-state index contributed by atoms with van der Waals surface area (Å²) in [5, 5.41) is 7.37. The molecule has 4 nitrogen and oxygen atoms in total. The minimum Gasteiger partial charge on any atom is -0.311 e. The fourth-order valence-electron chi connectivity index (χ4n) is 1.36. The highest BCUT2D eigenvalue weighted by Crippen LogP contribution is 2.18. The van der Waals surface area contributed by atoms with Crippen molar-refractivity contribution >= 4 is 11.6 Å². The van der Waals surface area contributed by atoms with E-state index in [0.717, 1.165) is 18.7 Å². The van der Waals surface area contributed by atoms with Gasteiger partial charge < -0.3 is 4.90 Å². The van der Waals surface area contributed by atoms with Gasteiger partial charge in [-0.3, -0.25) is 4.79 Å². The molecule has 1 aromatic rings. The molecule has 0 spiro atoms. The Morgan fingerprint density at radius 3 is 2.92 bits per heavy atom. The Morgan fingerprint density at radius 1 is 1.42 bits per heavy atom. The van der Waals surface area contributed by atoms with E-state index in [1.807, 2.05) is 0 Å². The molecule has 0 aromatic carbocycles. The predicted molar refractivity (Wildman–Crippen MR) is 43.6 cm³/mol. The zero-order chi connectivity index (χ0) is 8.39. The number of hydrogen-bond donors (Lipinski definition) is 0. The number of rotatable bonds is 1. The maximum Gasteiger partial charge on any atom is 0.227 e. The van der Waals surface area contributed by atoms with Crippen LogP contribution in [0.1, 0.15) is 12.8 Å². The van der Waals surface area contributed by atoms with Crippen molar-refractivity contribution in [1.82, 2.24) is 10.2 Å². The van der Waals surface area contributed by atoms with Crippen molar-refractivity contribution in [3.8, 4) is 0 Å². The Balaban J connectivity index is 2.25. The summed E-state index contributed by atoms with van der Waals surface area (Å²) in [6, 6.07) is 1.80. The lowest BCUT2D eigenvalue weighted by Crippen LogP contribution is -2.23. The molecular formula is C8H9N3O. The first-order chi connectivity index (χ1) is 5.88. The number of amides is 1. The van der Waals surface area contributed by atoms with E-state index in [9.17, 15) is 4.79 Å². The quantitative estimate of drug-likeness (QED) is 0.609. The molecule has 1 aliphatic rings. The van der Waals surface area contributed by atoms with Crippen LogP contribution in [0.15, 0.2) is 18.5 Å². The lowest BCUT2D eigenvalue weighted by molar-refractivity contribution is -0.117. The summed E-state index contributed by atoms with van der Waals surface area (Å²) in [5.41, 5.74) is 0.854. The Bertz CT molecular complexity index is 286. The Hall–Kier alpha value is -1.45. The summed E-state index contributed by atoms with van der Waals surface area (Å²) >= 11 is 0. The molecule has 0 radical (unpaired) electrons. The summed E-state index contributed by atoms with van der Waals surface area (Å²) in [7, 11) is 0. The van der Waals surface area contributed by atoms with Crippen molar-refractivity contribution in [2.45, 2.75) is 12.8 Å². The lowest BCUT2D eigenvalue weighted by atomic mass is 10.4. The molecule has 4 heteroatoms. The fraction of sp³-hybridized carbons (Fsp3) is 0.375. The molecule has 0 N–H and O–H groups in total. The standard InChI is InChI=1S/C8H9N3O/c12-8-2-1-5-11(8)7-3-4-9-10-6-7/h3-4,6H,1-2,5H2. The summed E-state index contributed by atoms with van der Waals surface area (Å²) in [6.45, 7) is 0.810. The van der Waals surface area contributed by atoms with Crippen LogP contribution in [0.3, 0.4) is 0 Å². The number of hydrogen-bond acceptors (Lipinski definition) is 3. The van der Waals surface area contributed by atoms with Gasteiger partial charge in [0.05, 0.1) is 18.1 Å². The third kappa shape index (κ3) is 1.15. The number of carbonyl (C=O) groups excluding carboxylic acids is 1. The SMILES string of the molecule is O=C1CCCN1c1ccnnc1. The van der Waals surface area contributed by atoms with Crippen molar-refractivity contribution in [1.29, 1.82) is 0 Å². The minimum absolute atomic E-state index is 0.183. The van der Waals surface area contributed by atoms with Gasteiger partial charge in [0.1, 0.15) is 0 Å². The predicted octanol–water partition coefficient (Wildman–Crippen LogP) is 0.603. The normalized spacial score (nSPS) is 17.0. The Labute approximate surface area is 70.2 Å². The zero-order valence-corrected chi connectivity index (χ0v) is 6.60. The average Bonchev–Trinajstić information content (AvgIpc) is 2.53. The summed E-state index contributed by atoms with van der Waals surface area (Å²) in [4.78, 5) is 13.0. The van der Waals surface area contributed by atoms with Gasteiger partial charge in [-0.05, 0) is 12.5 Å². The van der Waals surface area contributed by atoms with Gasteiger partial charge in [0, 0.05) is 13.0 Å². The maximum atomic E-state index is 11.3. The van der Waals surface area contributed by atoms with Gasteiger partial charge in [0.15, 0.2) is 0 Å². The van der Waals surface area contributed by atoms with Crippen LogP contribution in [0.2, 0.25) is 0 Å². The van der Waals surface area contributed by atoms with Crippen molar-refractivity contribution in [2.75, 3.05) is 11.4 Å². The monoisotopic (exact) mass is 163 g/mol. The molecule has 1 amide bonds. The highest BCUT2D eigenvalue weighted by Gasteiger charge is 2.21. The molecule has 2 rings (SSSR count). The number of aromatic nitrogens is 2. The molecular weight excluding hydrogens is 154 g/mol. The van der Waals surface area contributed by atoms with Gasteiger partial charge in [0.2, 0.25) is 5.91 Å². The highest BCUT2D eigenvalue weighted by molar-refractivity contribution is 5.95. The first-order valence-electron chi connectivity index (χ1n) is 3.95. The summed E-state index contributed by atoms with van der Waals surface area (Å²) in [6.07, 6.45) is 4.81. The van der Waals surface area contributed by atoms with E-state index in [1.165, 1.54) is 0 Å². The second-order valence-corrected chi connectivity index (χ2v) is 2.75. The van der Waals surface area contributed by atoms with Crippen LogP contribution >= 0.6 is 0 Å². The molecule has 62 valence electrons. The maximum absolute atomic E-state index is 11.3. The van der Waals surface area contributed by atoms with E-state index >= 15 is 0 Å². The van der Waals surface area contributed by atoms with Gasteiger partial charge in [-0.2, -0.15) is 10.2 Å². The molecule has 0 saturated carbocycles. The van der Waals surface area contributed by atoms with Gasteiger partial charge >= 0.3 is 0 Å². The van der Waals surface area contributed by atoms with Crippen LogP contribution in [-0.2, 0) is 4.79 Å². The molecule has 0 aliphatic carbocycles. The van der Waals surface area contributed by atoms with Crippen LogP contribution in [0.4, 0.5) is 5.69 Å². The van der Waals surface area contributed by atoms with E-state index in [1.54, 1.807) is 23.4 Å². The molecule has 2 heterocycles. The first kappa shape index (κ1) is 7.21. The van der Waals surface area contributed by atoms with Crippen molar-refractivity contribution in [3.63, 3.8) is 0 Å². The summed E-state index contributed by atoms with van der Waals surface area (Å²) in [5.74, 6) is 0.183. The molecule has 0 unspecified atom stereocenters. The fourth-order valence-corrected chi connectivity index (χ4v) is 1.36. The third-order valence-corrected chi connectivity index (χ3v) is 1.95. The highest BCUT2D eigenvalue weighted by atomic mass is 16.2.